The average Bonchev–Trinajstić information content (AvgIpc) is 1.64. The summed E-state index contributed by atoms with van der Waals surface area (Å²) in [6, 6.07) is 0. The molecule has 0 amide bonds. The Hall–Kier alpha value is 1.13. The molecule has 0 aromatic carbocycles. The van der Waals surface area contributed by atoms with Gasteiger partial charge in [-0.2, -0.15) is 0 Å². The molecule has 0 aliphatic heterocycles. The van der Waals surface area contributed by atoms with Crippen LogP contribution in [0.1, 0.15) is 0 Å². The molecule has 0 atom stereocenters. The summed E-state index contributed by atoms with van der Waals surface area (Å²) in [5.41, 5.74) is 0. The summed E-state index contributed by atoms with van der Waals surface area (Å²) in [5, 5.41) is 23.4. The normalized spacial score (nSPS) is 7.40. The van der Waals surface area contributed by atoms with Crippen LogP contribution in [0.2, 0.25) is 0 Å². The molecule has 48 valence electrons. The van der Waals surface area contributed by atoms with Gasteiger partial charge in [0.15, 0.2) is 0 Å². The predicted molar refractivity (Wildman–Crippen MR) is 32.8 cm³/mol. The predicted octanol–water partition coefficient (Wildman–Crippen LogP) is -2.25. The van der Waals surface area contributed by atoms with Gasteiger partial charge >= 0.3 is 11.9 Å². The molecule has 0 bridgehead atoms. The first-order valence-corrected chi connectivity index (χ1v) is 1.69. The van der Waals surface area contributed by atoms with Gasteiger partial charge in [0.1, 0.15) is 0 Å². The standard InChI is InChI=1S/C3H4O5.K.Li/c4-1(2(5)6)3(7)8;;/h1,4H,(H,5,6)(H,7,8);;. The number of carbonyl (C=O) groups is 2. The van der Waals surface area contributed by atoms with E-state index in [-0.39, 0.29) is 70.2 Å². The molecule has 0 fully saturated rings. The van der Waals surface area contributed by atoms with Crippen molar-refractivity contribution in [3.8, 4) is 0 Å². The van der Waals surface area contributed by atoms with Gasteiger partial charge in [0.25, 0.3) is 0 Å². The second-order valence-corrected chi connectivity index (χ2v) is 1.08. The molecule has 0 aromatic rings. The molecule has 0 heterocycles. The number of aliphatic hydroxyl groups excluding tert-OH is 1. The molecule has 0 rings (SSSR count). The fourth-order valence-electron chi connectivity index (χ4n) is 0.106. The molecule has 10 heavy (non-hydrogen) atoms. The largest absolute Gasteiger partial charge is 0.479 e. The van der Waals surface area contributed by atoms with Crippen LogP contribution in [-0.2, 0) is 9.59 Å². The zero-order chi connectivity index (χ0) is 6.73. The number of hydrogen-bond acceptors (Lipinski definition) is 3. The Balaban J connectivity index is -0.000000245. The maximum Gasteiger partial charge on any atom is 0.344 e. The van der Waals surface area contributed by atoms with Crippen molar-refractivity contribution < 1.29 is 24.9 Å². The second-order valence-electron chi connectivity index (χ2n) is 1.08. The van der Waals surface area contributed by atoms with E-state index in [0.717, 1.165) is 0 Å². The van der Waals surface area contributed by atoms with Crippen molar-refractivity contribution in [1.82, 2.24) is 0 Å². The van der Waals surface area contributed by atoms with E-state index in [9.17, 15) is 9.59 Å². The van der Waals surface area contributed by atoms with Crippen molar-refractivity contribution in [2.45, 2.75) is 6.10 Å². The van der Waals surface area contributed by atoms with E-state index < -0.39 is 18.0 Å². The average molecular weight is 166 g/mol. The van der Waals surface area contributed by atoms with Crippen LogP contribution in [0, 0.1) is 0 Å². The second kappa shape index (κ2) is 8.23. The molecule has 0 spiro atoms. The quantitative estimate of drug-likeness (QED) is 0.318. The number of hydrogen-bond donors (Lipinski definition) is 3. The monoisotopic (exact) mass is 166 g/mol. The van der Waals surface area contributed by atoms with Crippen molar-refractivity contribution in [1.29, 1.82) is 0 Å². The van der Waals surface area contributed by atoms with Crippen molar-refractivity contribution in [2.75, 3.05) is 0 Å². The van der Waals surface area contributed by atoms with E-state index in [2.05, 4.69) is 0 Å². The molecule has 0 aliphatic rings. The molecule has 2 radical (unpaired) electrons. The summed E-state index contributed by atoms with van der Waals surface area (Å²) < 4.78 is 0. The van der Waals surface area contributed by atoms with Gasteiger partial charge in [-0.15, -0.1) is 0 Å². The van der Waals surface area contributed by atoms with Gasteiger partial charge in [0, 0.05) is 70.2 Å². The zero-order valence-electron chi connectivity index (χ0n) is 5.74. The molecule has 3 N–H and O–H groups in total. The molecule has 0 saturated carbocycles. The number of carboxylic acids is 2. The summed E-state index contributed by atoms with van der Waals surface area (Å²) >= 11 is 0. The fourth-order valence-corrected chi connectivity index (χ4v) is 0.106. The molecule has 7 heteroatoms. The molecule has 0 unspecified atom stereocenters. The van der Waals surface area contributed by atoms with E-state index in [1.807, 2.05) is 0 Å². The maximum absolute atomic E-state index is 9.51. The Morgan fingerprint density at radius 2 is 1.30 bits per heavy atom. The third kappa shape index (κ3) is 7.24. The van der Waals surface area contributed by atoms with Gasteiger partial charge in [-0.25, -0.2) is 9.59 Å². The Kier molecular flexibility index (Phi) is 14.2. The third-order valence-electron chi connectivity index (χ3n) is 0.468. The van der Waals surface area contributed by atoms with Crippen molar-refractivity contribution in [2.24, 2.45) is 0 Å². The van der Waals surface area contributed by atoms with Gasteiger partial charge in [0.2, 0.25) is 6.10 Å². The van der Waals surface area contributed by atoms with Crippen molar-refractivity contribution in [3.05, 3.63) is 0 Å². The third-order valence-corrected chi connectivity index (χ3v) is 0.468. The minimum absolute atomic E-state index is 0. The molecule has 0 aliphatic carbocycles. The van der Waals surface area contributed by atoms with Crippen LogP contribution >= 0.6 is 0 Å². The summed E-state index contributed by atoms with van der Waals surface area (Å²) in [6.07, 6.45) is -2.30. The molecular formula is C3H4KLiO5. The first kappa shape index (κ1) is 17.3. The summed E-state index contributed by atoms with van der Waals surface area (Å²) in [4.78, 5) is 19.0. The van der Waals surface area contributed by atoms with E-state index in [1.165, 1.54) is 0 Å². The van der Waals surface area contributed by atoms with Gasteiger partial charge in [0.05, 0.1) is 0 Å². The van der Waals surface area contributed by atoms with Crippen LogP contribution in [0.25, 0.3) is 0 Å². The van der Waals surface area contributed by atoms with Gasteiger partial charge in [-0.05, 0) is 0 Å². The summed E-state index contributed by atoms with van der Waals surface area (Å²) in [7, 11) is 0. The SMILES string of the molecule is O=C(O)C(O)C(=O)O.[K].[Li]. The van der Waals surface area contributed by atoms with Crippen molar-refractivity contribution >= 4 is 82.2 Å². The smallest absolute Gasteiger partial charge is 0.344 e. The topological polar surface area (TPSA) is 94.8 Å². The first-order chi connectivity index (χ1) is 3.55. The van der Waals surface area contributed by atoms with E-state index in [0.29, 0.717) is 0 Å². The Morgan fingerprint density at radius 3 is 1.30 bits per heavy atom. The Labute approximate surface area is 111 Å². The summed E-state index contributed by atoms with van der Waals surface area (Å²) in [6.45, 7) is 0. The Morgan fingerprint density at radius 1 is 1.10 bits per heavy atom. The molecule has 0 saturated heterocycles. The van der Waals surface area contributed by atoms with Crippen LogP contribution in [0.4, 0.5) is 0 Å². The van der Waals surface area contributed by atoms with Gasteiger partial charge in [-0.3, -0.25) is 0 Å². The van der Waals surface area contributed by atoms with Crippen LogP contribution in [0.15, 0.2) is 0 Å². The fraction of sp³-hybridized carbons (Fsp3) is 0.333. The minimum Gasteiger partial charge on any atom is -0.479 e. The molecule has 0 aromatic heterocycles. The number of aliphatic hydroxyl groups is 1. The van der Waals surface area contributed by atoms with E-state index in [4.69, 9.17) is 15.3 Å². The molecular weight excluding hydrogens is 162 g/mol. The number of carboxylic acid groups (broad SMARTS) is 2. The van der Waals surface area contributed by atoms with Crippen LogP contribution in [-0.4, -0.2) is 104 Å². The molecule has 5 nitrogen and oxygen atoms in total. The van der Waals surface area contributed by atoms with Gasteiger partial charge in [-0.1, -0.05) is 0 Å². The number of aliphatic carboxylic acids is 2. The maximum atomic E-state index is 9.51. The first-order valence-electron chi connectivity index (χ1n) is 1.69. The van der Waals surface area contributed by atoms with Crippen LogP contribution in [0.5, 0.6) is 0 Å². The van der Waals surface area contributed by atoms with Crippen molar-refractivity contribution in [3.63, 3.8) is 0 Å². The van der Waals surface area contributed by atoms with E-state index in [1.54, 1.807) is 0 Å². The van der Waals surface area contributed by atoms with Crippen LogP contribution in [0.3, 0.4) is 0 Å². The van der Waals surface area contributed by atoms with Gasteiger partial charge < -0.3 is 15.3 Å². The Bertz CT molecular complexity index is 112. The zero-order valence-corrected chi connectivity index (χ0v) is 8.86. The van der Waals surface area contributed by atoms with E-state index >= 15 is 0 Å². The minimum atomic E-state index is -2.30. The van der Waals surface area contributed by atoms with Crippen LogP contribution < -0.4 is 0 Å². The number of rotatable bonds is 2. The summed E-state index contributed by atoms with van der Waals surface area (Å²) in [5.74, 6) is -3.50.